The Kier molecular flexibility index (Phi) is 2.77. The predicted molar refractivity (Wildman–Crippen MR) is 50.8 cm³/mol. The van der Waals surface area contributed by atoms with E-state index in [0.29, 0.717) is 0 Å². The van der Waals surface area contributed by atoms with Crippen LogP contribution < -0.4 is 0 Å². The zero-order chi connectivity index (χ0) is 12.4. The first kappa shape index (κ1) is 11.1. The Hall–Kier alpha value is -2.38. The highest BCUT2D eigenvalue weighted by Crippen LogP contribution is 2.21. The van der Waals surface area contributed by atoms with Crippen molar-refractivity contribution in [3.05, 3.63) is 29.8 Å². The molecule has 0 saturated carbocycles. The number of hydrogen-bond donors (Lipinski definition) is 1. The minimum absolute atomic E-state index is 0.135. The van der Waals surface area contributed by atoms with Crippen LogP contribution >= 0.6 is 0 Å². The van der Waals surface area contributed by atoms with E-state index in [9.17, 15) is 13.6 Å². The van der Waals surface area contributed by atoms with Crippen LogP contribution in [0, 0.1) is 11.6 Å². The molecule has 0 atom stereocenters. The van der Waals surface area contributed by atoms with Gasteiger partial charge in [0.15, 0.2) is 17.5 Å². The summed E-state index contributed by atoms with van der Waals surface area (Å²) >= 11 is 0. The maximum Gasteiger partial charge on any atom is 0.325 e. The summed E-state index contributed by atoms with van der Waals surface area (Å²) in [4.78, 5) is 10.5. The fourth-order valence-electron chi connectivity index (χ4n) is 1.31. The van der Waals surface area contributed by atoms with Gasteiger partial charge in [-0.1, -0.05) is 6.07 Å². The van der Waals surface area contributed by atoms with E-state index in [1.54, 1.807) is 0 Å². The molecule has 88 valence electrons. The van der Waals surface area contributed by atoms with E-state index in [-0.39, 0.29) is 11.4 Å². The minimum atomic E-state index is -1.18. The molecular weight excluding hydrogens is 234 g/mol. The van der Waals surface area contributed by atoms with E-state index >= 15 is 0 Å². The lowest BCUT2D eigenvalue weighted by atomic mass is 10.2. The third kappa shape index (κ3) is 2.10. The summed E-state index contributed by atoms with van der Waals surface area (Å²) in [5, 5.41) is 18.7. The van der Waals surface area contributed by atoms with Gasteiger partial charge in [0, 0.05) is 0 Å². The van der Waals surface area contributed by atoms with Gasteiger partial charge in [-0.3, -0.25) is 4.79 Å². The summed E-state index contributed by atoms with van der Waals surface area (Å²) in [5.74, 6) is -3.49. The second kappa shape index (κ2) is 4.24. The molecular formula is C9H6F2N4O2. The molecule has 0 amide bonds. The monoisotopic (exact) mass is 240 g/mol. The van der Waals surface area contributed by atoms with E-state index < -0.39 is 24.1 Å². The fourth-order valence-corrected chi connectivity index (χ4v) is 1.31. The van der Waals surface area contributed by atoms with Crippen molar-refractivity contribution < 1.29 is 18.7 Å². The maximum atomic E-state index is 13.5. The van der Waals surface area contributed by atoms with Crippen molar-refractivity contribution in [3.63, 3.8) is 0 Å². The molecule has 1 aromatic heterocycles. The Morgan fingerprint density at radius 3 is 2.88 bits per heavy atom. The largest absolute Gasteiger partial charge is 0.480 e. The number of rotatable bonds is 3. The molecule has 6 nitrogen and oxygen atoms in total. The van der Waals surface area contributed by atoms with Gasteiger partial charge in [0.25, 0.3) is 0 Å². The van der Waals surface area contributed by atoms with Crippen molar-refractivity contribution in [2.75, 3.05) is 0 Å². The number of halogens is 2. The van der Waals surface area contributed by atoms with Crippen LogP contribution in [0.1, 0.15) is 0 Å². The third-order valence-electron chi connectivity index (χ3n) is 2.01. The molecule has 17 heavy (non-hydrogen) atoms. The number of tetrazole rings is 1. The second-order valence-corrected chi connectivity index (χ2v) is 3.16. The molecule has 2 aromatic rings. The van der Waals surface area contributed by atoms with Crippen LogP contribution in [0.15, 0.2) is 18.2 Å². The Labute approximate surface area is 93.5 Å². The van der Waals surface area contributed by atoms with Crippen molar-refractivity contribution in [1.82, 2.24) is 20.2 Å². The lowest BCUT2D eigenvalue weighted by Crippen LogP contribution is -2.12. The number of hydrogen-bond acceptors (Lipinski definition) is 4. The molecule has 0 spiro atoms. The van der Waals surface area contributed by atoms with E-state index in [1.165, 1.54) is 12.1 Å². The molecule has 0 radical (unpaired) electrons. The number of nitrogens with zero attached hydrogens (tertiary/aromatic N) is 4. The van der Waals surface area contributed by atoms with Gasteiger partial charge in [0.2, 0.25) is 0 Å². The Bertz CT molecular complexity index is 570. The Morgan fingerprint density at radius 1 is 1.41 bits per heavy atom. The summed E-state index contributed by atoms with van der Waals surface area (Å²) < 4.78 is 27.3. The zero-order valence-electron chi connectivity index (χ0n) is 8.34. The fraction of sp³-hybridized carbons (Fsp3) is 0.111. The molecule has 0 saturated heterocycles. The number of carbonyl (C=O) groups is 1. The molecule has 0 bridgehead atoms. The van der Waals surface area contributed by atoms with Gasteiger partial charge in [-0.2, -0.15) is 0 Å². The number of carboxylic acids is 1. The minimum Gasteiger partial charge on any atom is -0.480 e. The zero-order valence-corrected chi connectivity index (χ0v) is 8.34. The highest BCUT2D eigenvalue weighted by molar-refractivity contribution is 5.67. The normalized spacial score (nSPS) is 10.5. The molecule has 1 aromatic carbocycles. The predicted octanol–water partition coefficient (Wildman–Crippen LogP) is 0.703. The first-order valence-corrected chi connectivity index (χ1v) is 4.52. The van der Waals surface area contributed by atoms with Crippen molar-refractivity contribution in [2.24, 2.45) is 0 Å². The van der Waals surface area contributed by atoms with Gasteiger partial charge in [0.05, 0.1) is 5.56 Å². The van der Waals surface area contributed by atoms with E-state index in [4.69, 9.17) is 5.11 Å². The van der Waals surface area contributed by atoms with Crippen LogP contribution in [0.25, 0.3) is 11.4 Å². The molecule has 1 N–H and O–H groups in total. The molecule has 0 aliphatic rings. The summed E-state index contributed by atoms with van der Waals surface area (Å²) in [6, 6.07) is 3.50. The van der Waals surface area contributed by atoms with E-state index in [0.717, 1.165) is 10.7 Å². The highest BCUT2D eigenvalue weighted by Gasteiger charge is 2.17. The van der Waals surface area contributed by atoms with Crippen molar-refractivity contribution in [1.29, 1.82) is 0 Å². The molecule has 2 rings (SSSR count). The number of benzene rings is 1. The number of aromatic nitrogens is 4. The first-order chi connectivity index (χ1) is 8.09. The average Bonchev–Trinajstić information content (AvgIpc) is 2.69. The van der Waals surface area contributed by atoms with Crippen LogP contribution in [0.2, 0.25) is 0 Å². The number of carboxylic acid groups (broad SMARTS) is 1. The van der Waals surface area contributed by atoms with Gasteiger partial charge < -0.3 is 5.11 Å². The summed E-state index contributed by atoms with van der Waals surface area (Å²) in [6.07, 6.45) is 0. The van der Waals surface area contributed by atoms with E-state index in [2.05, 4.69) is 15.5 Å². The molecule has 0 aliphatic carbocycles. The number of aliphatic carboxylic acids is 1. The molecule has 1 heterocycles. The molecule has 0 aliphatic heterocycles. The molecule has 0 unspecified atom stereocenters. The van der Waals surface area contributed by atoms with Crippen LogP contribution in [0.3, 0.4) is 0 Å². The van der Waals surface area contributed by atoms with Gasteiger partial charge in [-0.25, -0.2) is 13.5 Å². The average molecular weight is 240 g/mol. The summed E-state index contributed by atoms with van der Waals surface area (Å²) in [7, 11) is 0. The van der Waals surface area contributed by atoms with Crippen LogP contribution in [0.4, 0.5) is 8.78 Å². The van der Waals surface area contributed by atoms with Gasteiger partial charge in [0.1, 0.15) is 6.54 Å². The van der Waals surface area contributed by atoms with Crippen LogP contribution in [-0.4, -0.2) is 31.3 Å². The first-order valence-electron chi connectivity index (χ1n) is 4.52. The van der Waals surface area contributed by atoms with Gasteiger partial charge >= 0.3 is 5.97 Å². The Balaban J connectivity index is 2.50. The lowest BCUT2D eigenvalue weighted by Gasteiger charge is -2.03. The topological polar surface area (TPSA) is 80.9 Å². The SMILES string of the molecule is O=C(O)Cn1nnnc1-c1cccc(F)c1F. The summed E-state index contributed by atoms with van der Waals surface area (Å²) in [5.41, 5.74) is -0.184. The second-order valence-electron chi connectivity index (χ2n) is 3.16. The van der Waals surface area contributed by atoms with Gasteiger partial charge in [-0.15, -0.1) is 5.10 Å². The summed E-state index contributed by atoms with van der Waals surface area (Å²) in [6.45, 7) is -0.529. The van der Waals surface area contributed by atoms with Crippen LogP contribution in [-0.2, 0) is 11.3 Å². The standard InChI is InChI=1S/C9H6F2N4O2/c10-6-3-1-2-5(8(6)11)9-12-13-14-15(9)4-7(16)17/h1-3H,4H2,(H,16,17). The smallest absolute Gasteiger partial charge is 0.325 e. The van der Waals surface area contributed by atoms with Crippen molar-refractivity contribution in [3.8, 4) is 11.4 Å². The molecule has 8 heteroatoms. The van der Waals surface area contributed by atoms with Gasteiger partial charge in [-0.05, 0) is 22.6 Å². The van der Waals surface area contributed by atoms with E-state index in [1.807, 2.05) is 0 Å². The maximum absolute atomic E-state index is 13.5. The van der Waals surface area contributed by atoms with Crippen molar-refractivity contribution >= 4 is 5.97 Å². The lowest BCUT2D eigenvalue weighted by molar-refractivity contribution is -0.137. The third-order valence-corrected chi connectivity index (χ3v) is 2.01. The van der Waals surface area contributed by atoms with Crippen molar-refractivity contribution in [2.45, 2.75) is 6.54 Å². The molecule has 0 fully saturated rings. The quantitative estimate of drug-likeness (QED) is 0.854. The Morgan fingerprint density at radius 2 is 2.18 bits per heavy atom. The van der Waals surface area contributed by atoms with Crippen LogP contribution in [0.5, 0.6) is 0 Å². The highest BCUT2D eigenvalue weighted by atomic mass is 19.2.